The van der Waals surface area contributed by atoms with Crippen LogP contribution in [0.1, 0.15) is 42.1 Å². The maximum Gasteiger partial charge on any atom is 0.257 e. The van der Waals surface area contributed by atoms with Gasteiger partial charge in [0.25, 0.3) is 11.7 Å². The van der Waals surface area contributed by atoms with E-state index in [1.54, 1.807) is 0 Å². The number of nitrogens with zero attached hydrogens (tertiary/aromatic N) is 7. The average molecular weight is 422 g/mol. The number of anilines is 2. The minimum atomic E-state index is 0.0880. The highest BCUT2D eigenvalue weighted by molar-refractivity contribution is 5.94. The molecule has 0 aliphatic carbocycles. The summed E-state index contributed by atoms with van der Waals surface area (Å²) in [5.74, 6) is 2.63. The van der Waals surface area contributed by atoms with E-state index in [2.05, 4.69) is 39.4 Å². The summed E-state index contributed by atoms with van der Waals surface area (Å²) >= 11 is 0. The van der Waals surface area contributed by atoms with Crippen molar-refractivity contribution in [1.82, 2.24) is 24.5 Å². The van der Waals surface area contributed by atoms with E-state index in [4.69, 9.17) is 4.98 Å². The summed E-state index contributed by atoms with van der Waals surface area (Å²) in [4.78, 5) is 23.9. The van der Waals surface area contributed by atoms with Gasteiger partial charge in [0.2, 0.25) is 0 Å². The van der Waals surface area contributed by atoms with Crippen molar-refractivity contribution in [3.8, 4) is 0 Å². The van der Waals surface area contributed by atoms with E-state index in [0.717, 1.165) is 55.2 Å². The maximum atomic E-state index is 12.9. The van der Waals surface area contributed by atoms with Gasteiger partial charge in [-0.3, -0.25) is 9.20 Å². The topological polar surface area (TPSA) is 69.9 Å². The molecule has 0 bridgehead atoms. The lowest BCUT2D eigenvalue weighted by Crippen LogP contribution is -2.49. The number of benzene rings is 1. The number of carbonyl (C=O) groups is 1. The molecule has 8 heteroatoms. The second-order valence-electron chi connectivity index (χ2n) is 8.18. The van der Waals surface area contributed by atoms with Gasteiger partial charge in [-0.1, -0.05) is 20.3 Å². The van der Waals surface area contributed by atoms with Gasteiger partial charge < -0.3 is 14.7 Å². The van der Waals surface area contributed by atoms with Gasteiger partial charge in [-0.15, -0.1) is 10.2 Å². The standard InChI is InChI=1S/C23H31N7O/c1-5-7-19-16-21(24-23-26-25-20(6-2)30(19)23)28-12-14-29(15-13-28)22(31)17-8-10-18(11-9-17)27(3)4/h8-11,16H,5-7,12-15H2,1-4H3. The lowest BCUT2D eigenvalue weighted by atomic mass is 10.1. The van der Waals surface area contributed by atoms with E-state index >= 15 is 0 Å². The molecule has 3 aromatic rings. The molecule has 1 amide bonds. The zero-order chi connectivity index (χ0) is 22.0. The highest BCUT2D eigenvalue weighted by atomic mass is 16.2. The van der Waals surface area contributed by atoms with Gasteiger partial charge in [0.05, 0.1) is 0 Å². The summed E-state index contributed by atoms with van der Waals surface area (Å²) in [6.07, 6.45) is 2.84. The molecule has 1 aromatic carbocycles. The van der Waals surface area contributed by atoms with E-state index in [-0.39, 0.29) is 5.91 Å². The van der Waals surface area contributed by atoms with Crippen molar-refractivity contribution < 1.29 is 4.79 Å². The number of carbonyl (C=O) groups excluding carboxylic acids is 1. The zero-order valence-corrected chi connectivity index (χ0v) is 18.9. The molecule has 0 unspecified atom stereocenters. The molecule has 0 saturated carbocycles. The molecule has 2 aromatic heterocycles. The van der Waals surface area contributed by atoms with Gasteiger partial charge in [-0.05, 0) is 30.7 Å². The van der Waals surface area contributed by atoms with Crippen LogP contribution in [0.2, 0.25) is 0 Å². The largest absolute Gasteiger partial charge is 0.378 e. The Kier molecular flexibility index (Phi) is 6.06. The highest BCUT2D eigenvalue weighted by Crippen LogP contribution is 2.21. The van der Waals surface area contributed by atoms with Crippen LogP contribution < -0.4 is 9.80 Å². The van der Waals surface area contributed by atoms with Gasteiger partial charge in [-0.2, -0.15) is 4.98 Å². The third-order valence-corrected chi connectivity index (χ3v) is 5.85. The van der Waals surface area contributed by atoms with E-state index in [1.807, 2.05) is 48.2 Å². The highest BCUT2D eigenvalue weighted by Gasteiger charge is 2.24. The van der Waals surface area contributed by atoms with Gasteiger partial charge >= 0.3 is 0 Å². The molecular weight excluding hydrogens is 390 g/mol. The number of hydrogen-bond donors (Lipinski definition) is 0. The smallest absolute Gasteiger partial charge is 0.257 e. The SMILES string of the molecule is CCCc1cc(N2CCN(C(=O)c3ccc(N(C)C)cc3)CC2)nc2nnc(CC)n12. The fraction of sp³-hybridized carbons (Fsp3) is 0.478. The van der Waals surface area contributed by atoms with Crippen LogP contribution in [0.15, 0.2) is 30.3 Å². The second-order valence-corrected chi connectivity index (χ2v) is 8.18. The number of aromatic nitrogens is 4. The second kappa shape index (κ2) is 8.91. The van der Waals surface area contributed by atoms with Crippen LogP contribution in [0.4, 0.5) is 11.5 Å². The lowest BCUT2D eigenvalue weighted by Gasteiger charge is -2.35. The number of aryl methyl sites for hydroxylation is 2. The third-order valence-electron chi connectivity index (χ3n) is 5.85. The van der Waals surface area contributed by atoms with Crippen LogP contribution in [0, 0.1) is 0 Å². The van der Waals surface area contributed by atoms with E-state index in [1.165, 1.54) is 5.69 Å². The Balaban J connectivity index is 1.48. The quantitative estimate of drug-likeness (QED) is 0.610. The van der Waals surface area contributed by atoms with E-state index in [9.17, 15) is 4.79 Å². The molecule has 1 saturated heterocycles. The first-order valence-corrected chi connectivity index (χ1v) is 11.1. The monoisotopic (exact) mass is 421 g/mol. The molecule has 31 heavy (non-hydrogen) atoms. The molecule has 1 aliphatic heterocycles. The third kappa shape index (κ3) is 4.19. The van der Waals surface area contributed by atoms with Crippen molar-refractivity contribution in [1.29, 1.82) is 0 Å². The first kappa shape index (κ1) is 21.1. The Morgan fingerprint density at radius 3 is 2.35 bits per heavy atom. The van der Waals surface area contributed by atoms with Crippen LogP contribution >= 0.6 is 0 Å². The normalized spacial score (nSPS) is 14.3. The Morgan fingerprint density at radius 2 is 1.74 bits per heavy atom. The van der Waals surface area contributed by atoms with Gasteiger partial charge in [-0.25, -0.2) is 0 Å². The Labute approximate surface area is 183 Å². The van der Waals surface area contributed by atoms with Crippen LogP contribution in [-0.2, 0) is 12.8 Å². The summed E-state index contributed by atoms with van der Waals surface area (Å²) in [6, 6.07) is 9.96. The molecular formula is C23H31N7O. The molecule has 8 nitrogen and oxygen atoms in total. The van der Waals surface area contributed by atoms with Crippen LogP contribution in [-0.4, -0.2) is 70.7 Å². The first-order valence-electron chi connectivity index (χ1n) is 11.1. The molecule has 164 valence electrons. The van der Waals surface area contributed by atoms with Gasteiger partial charge in [0, 0.05) is 69.7 Å². The maximum absolute atomic E-state index is 12.9. The number of amides is 1. The van der Waals surface area contributed by atoms with Crippen molar-refractivity contribution in [2.45, 2.75) is 33.1 Å². The summed E-state index contributed by atoms with van der Waals surface area (Å²) < 4.78 is 2.09. The summed E-state index contributed by atoms with van der Waals surface area (Å²) in [5.41, 5.74) is 3.02. The average Bonchev–Trinajstić information content (AvgIpc) is 3.22. The molecule has 3 heterocycles. The van der Waals surface area contributed by atoms with E-state index < -0.39 is 0 Å². The number of hydrogen-bond acceptors (Lipinski definition) is 6. The Hall–Kier alpha value is -3.16. The lowest BCUT2D eigenvalue weighted by molar-refractivity contribution is 0.0746. The van der Waals surface area contributed by atoms with Gasteiger partial charge in [0.15, 0.2) is 0 Å². The van der Waals surface area contributed by atoms with Crippen molar-refractivity contribution in [3.63, 3.8) is 0 Å². The van der Waals surface area contributed by atoms with Crippen LogP contribution in [0.3, 0.4) is 0 Å². The fourth-order valence-corrected chi connectivity index (χ4v) is 4.08. The van der Waals surface area contributed by atoms with Crippen LogP contribution in [0.25, 0.3) is 5.78 Å². The fourth-order valence-electron chi connectivity index (χ4n) is 4.08. The minimum absolute atomic E-state index is 0.0880. The first-order chi connectivity index (χ1) is 15.0. The number of fused-ring (bicyclic) bond motifs is 1. The van der Waals surface area contributed by atoms with Gasteiger partial charge in [0.1, 0.15) is 11.6 Å². The number of piperazine rings is 1. The van der Waals surface area contributed by atoms with E-state index in [0.29, 0.717) is 18.9 Å². The zero-order valence-electron chi connectivity index (χ0n) is 18.9. The van der Waals surface area contributed by atoms with Crippen molar-refractivity contribution >= 4 is 23.2 Å². The Bertz CT molecular complexity index is 1050. The number of rotatable bonds is 6. The van der Waals surface area contributed by atoms with Crippen LogP contribution in [0.5, 0.6) is 0 Å². The Morgan fingerprint density at radius 1 is 1.03 bits per heavy atom. The molecule has 0 N–H and O–H groups in total. The predicted molar refractivity (Wildman–Crippen MR) is 123 cm³/mol. The predicted octanol–water partition coefficient (Wildman–Crippen LogP) is 2.67. The summed E-state index contributed by atoms with van der Waals surface area (Å²) in [7, 11) is 3.99. The summed E-state index contributed by atoms with van der Waals surface area (Å²) in [6.45, 7) is 7.13. The molecule has 0 atom stereocenters. The molecule has 0 spiro atoms. The molecule has 1 aliphatic rings. The van der Waals surface area contributed by atoms with Crippen molar-refractivity contribution in [2.24, 2.45) is 0 Å². The molecule has 1 fully saturated rings. The summed E-state index contributed by atoms with van der Waals surface area (Å²) in [5, 5.41) is 8.60. The van der Waals surface area contributed by atoms with Crippen molar-refractivity contribution in [3.05, 3.63) is 47.4 Å². The molecule has 0 radical (unpaired) electrons. The van der Waals surface area contributed by atoms with Crippen molar-refractivity contribution in [2.75, 3.05) is 50.1 Å². The molecule has 4 rings (SSSR count). The minimum Gasteiger partial charge on any atom is -0.378 e.